The van der Waals surface area contributed by atoms with Crippen LogP contribution in [0.25, 0.3) is 0 Å². The van der Waals surface area contributed by atoms with E-state index in [2.05, 4.69) is 5.32 Å². The molecule has 2 aliphatic rings. The molecule has 2 atom stereocenters. The van der Waals surface area contributed by atoms with Gasteiger partial charge in [0.2, 0.25) is 5.91 Å². The summed E-state index contributed by atoms with van der Waals surface area (Å²) in [7, 11) is 0. The lowest BCUT2D eigenvalue weighted by atomic mass is 9.99. The molecule has 1 amide bonds. The smallest absolute Gasteiger partial charge is 0.306 e. The number of carboxylic acid groups (broad SMARTS) is 1. The van der Waals surface area contributed by atoms with Crippen molar-refractivity contribution in [3.05, 3.63) is 0 Å². The molecule has 2 N–H and O–H groups in total. The van der Waals surface area contributed by atoms with Crippen LogP contribution in [0.15, 0.2) is 0 Å². The van der Waals surface area contributed by atoms with E-state index in [0.29, 0.717) is 12.8 Å². The van der Waals surface area contributed by atoms with Gasteiger partial charge in [-0.15, -0.1) is 0 Å². The molecule has 0 unspecified atom stereocenters. The minimum absolute atomic E-state index is 0.0850. The normalized spacial score (nSPS) is 29.8. The van der Waals surface area contributed by atoms with E-state index >= 15 is 0 Å². The molecular weight excluding hydrogens is 230 g/mol. The van der Waals surface area contributed by atoms with Gasteiger partial charge in [0.05, 0.1) is 5.92 Å². The topological polar surface area (TPSA) is 66.4 Å². The first-order valence-corrected chi connectivity index (χ1v) is 7.20. The zero-order chi connectivity index (χ0) is 13.0. The molecule has 4 heteroatoms. The Morgan fingerprint density at radius 1 is 0.889 bits per heavy atom. The van der Waals surface area contributed by atoms with Crippen LogP contribution in [-0.2, 0) is 9.59 Å². The van der Waals surface area contributed by atoms with E-state index in [1.54, 1.807) is 0 Å². The molecule has 4 nitrogen and oxygen atoms in total. The highest BCUT2D eigenvalue weighted by Crippen LogP contribution is 2.27. The molecule has 2 fully saturated rings. The zero-order valence-corrected chi connectivity index (χ0v) is 10.9. The number of amides is 1. The summed E-state index contributed by atoms with van der Waals surface area (Å²) in [5, 5.41) is 12.0. The van der Waals surface area contributed by atoms with Gasteiger partial charge in [0.1, 0.15) is 0 Å². The highest BCUT2D eigenvalue weighted by molar-refractivity contribution is 5.79. The van der Waals surface area contributed by atoms with Gasteiger partial charge in [-0.05, 0) is 32.1 Å². The van der Waals surface area contributed by atoms with Crippen molar-refractivity contribution in [2.45, 2.75) is 63.8 Å². The van der Waals surface area contributed by atoms with E-state index in [4.69, 9.17) is 5.11 Å². The minimum Gasteiger partial charge on any atom is -0.481 e. The number of nitrogens with one attached hydrogen (secondary N) is 1. The second-order valence-corrected chi connectivity index (χ2v) is 5.74. The SMILES string of the molecule is O=C(N[C@H]1CC[C@@H](C(=O)O)C1)C1CCCCCC1. The van der Waals surface area contributed by atoms with Crippen molar-refractivity contribution >= 4 is 11.9 Å². The third-order valence-electron chi connectivity index (χ3n) is 4.35. The summed E-state index contributed by atoms with van der Waals surface area (Å²) >= 11 is 0. The molecular formula is C14H23NO3. The van der Waals surface area contributed by atoms with Crippen LogP contribution in [0.5, 0.6) is 0 Å². The van der Waals surface area contributed by atoms with Gasteiger partial charge in [0, 0.05) is 12.0 Å². The van der Waals surface area contributed by atoms with Gasteiger partial charge >= 0.3 is 5.97 Å². The fourth-order valence-electron chi connectivity index (χ4n) is 3.20. The number of carbonyl (C=O) groups is 2. The molecule has 0 radical (unpaired) electrons. The highest BCUT2D eigenvalue weighted by atomic mass is 16.4. The second kappa shape index (κ2) is 6.21. The molecule has 2 rings (SSSR count). The zero-order valence-electron chi connectivity index (χ0n) is 10.9. The Balaban J connectivity index is 1.78. The number of rotatable bonds is 3. The monoisotopic (exact) mass is 253 g/mol. The average molecular weight is 253 g/mol. The summed E-state index contributed by atoms with van der Waals surface area (Å²) in [5.41, 5.74) is 0. The predicted octanol–water partition coefficient (Wildman–Crippen LogP) is 2.33. The predicted molar refractivity (Wildman–Crippen MR) is 68.1 cm³/mol. The van der Waals surface area contributed by atoms with Crippen LogP contribution in [-0.4, -0.2) is 23.0 Å². The van der Waals surface area contributed by atoms with Crippen LogP contribution >= 0.6 is 0 Å². The summed E-state index contributed by atoms with van der Waals surface area (Å²) in [6, 6.07) is 0.0850. The first-order valence-electron chi connectivity index (χ1n) is 7.20. The van der Waals surface area contributed by atoms with Crippen molar-refractivity contribution in [1.82, 2.24) is 5.32 Å². The van der Waals surface area contributed by atoms with E-state index < -0.39 is 5.97 Å². The summed E-state index contributed by atoms with van der Waals surface area (Å²) < 4.78 is 0. The lowest BCUT2D eigenvalue weighted by molar-refractivity contribution is -0.141. The molecule has 0 spiro atoms. The first kappa shape index (κ1) is 13.4. The average Bonchev–Trinajstić information content (AvgIpc) is 2.64. The molecule has 102 valence electrons. The largest absolute Gasteiger partial charge is 0.481 e. The molecule has 0 aromatic heterocycles. The van der Waals surface area contributed by atoms with Gasteiger partial charge < -0.3 is 10.4 Å². The molecule has 18 heavy (non-hydrogen) atoms. The molecule has 0 aromatic carbocycles. The maximum Gasteiger partial charge on any atom is 0.306 e. The van der Waals surface area contributed by atoms with Gasteiger partial charge in [-0.25, -0.2) is 0 Å². The third kappa shape index (κ3) is 3.47. The Kier molecular flexibility index (Phi) is 4.61. The van der Waals surface area contributed by atoms with E-state index in [1.165, 1.54) is 12.8 Å². The number of carbonyl (C=O) groups excluding carboxylic acids is 1. The molecule has 0 saturated heterocycles. The Morgan fingerprint density at radius 2 is 1.56 bits per heavy atom. The Bertz CT molecular complexity index is 308. The van der Waals surface area contributed by atoms with Crippen LogP contribution in [0.4, 0.5) is 0 Å². The number of hydrogen-bond donors (Lipinski definition) is 2. The van der Waals surface area contributed by atoms with Crippen LogP contribution in [0.3, 0.4) is 0 Å². The fraction of sp³-hybridized carbons (Fsp3) is 0.857. The Hall–Kier alpha value is -1.06. The maximum absolute atomic E-state index is 12.1. The molecule has 0 bridgehead atoms. The number of hydrogen-bond acceptors (Lipinski definition) is 2. The Morgan fingerprint density at radius 3 is 2.11 bits per heavy atom. The van der Waals surface area contributed by atoms with Gasteiger partial charge in [-0.3, -0.25) is 9.59 Å². The molecule has 0 heterocycles. The van der Waals surface area contributed by atoms with Crippen LogP contribution in [0.2, 0.25) is 0 Å². The summed E-state index contributed by atoms with van der Waals surface area (Å²) in [5.74, 6) is -0.657. The van der Waals surface area contributed by atoms with Crippen molar-refractivity contribution in [3.63, 3.8) is 0 Å². The lowest BCUT2D eigenvalue weighted by Gasteiger charge is -2.18. The van der Waals surface area contributed by atoms with E-state index in [9.17, 15) is 9.59 Å². The summed E-state index contributed by atoms with van der Waals surface area (Å²) in [6.07, 6.45) is 8.92. The summed E-state index contributed by atoms with van der Waals surface area (Å²) in [4.78, 5) is 23.0. The quantitative estimate of drug-likeness (QED) is 0.759. The van der Waals surface area contributed by atoms with Crippen molar-refractivity contribution in [2.24, 2.45) is 11.8 Å². The van der Waals surface area contributed by atoms with Crippen LogP contribution in [0.1, 0.15) is 57.8 Å². The van der Waals surface area contributed by atoms with Gasteiger partial charge in [-0.1, -0.05) is 25.7 Å². The molecule has 2 saturated carbocycles. The maximum atomic E-state index is 12.1. The van der Waals surface area contributed by atoms with Gasteiger partial charge in [0.15, 0.2) is 0 Å². The van der Waals surface area contributed by atoms with E-state index in [-0.39, 0.29) is 23.8 Å². The minimum atomic E-state index is -0.721. The molecule has 2 aliphatic carbocycles. The summed E-state index contributed by atoms with van der Waals surface area (Å²) in [6.45, 7) is 0. The van der Waals surface area contributed by atoms with Gasteiger partial charge in [-0.2, -0.15) is 0 Å². The van der Waals surface area contributed by atoms with Crippen LogP contribution < -0.4 is 5.32 Å². The van der Waals surface area contributed by atoms with Crippen molar-refractivity contribution in [1.29, 1.82) is 0 Å². The number of carboxylic acids is 1. The Labute approximate surface area is 108 Å². The van der Waals surface area contributed by atoms with E-state index in [0.717, 1.165) is 32.1 Å². The van der Waals surface area contributed by atoms with Crippen molar-refractivity contribution in [2.75, 3.05) is 0 Å². The highest BCUT2D eigenvalue weighted by Gasteiger charge is 2.31. The lowest BCUT2D eigenvalue weighted by Crippen LogP contribution is -2.37. The fourth-order valence-corrected chi connectivity index (χ4v) is 3.20. The second-order valence-electron chi connectivity index (χ2n) is 5.74. The first-order chi connectivity index (χ1) is 8.66. The van der Waals surface area contributed by atoms with Crippen LogP contribution in [0, 0.1) is 11.8 Å². The van der Waals surface area contributed by atoms with Crippen molar-refractivity contribution < 1.29 is 14.7 Å². The molecule has 0 aromatic rings. The van der Waals surface area contributed by atoms with Crippen molar-refractivity contribution in [3.8, 4) is 0 Å². The standard InChI is InChI=1S/C14H23NO3/c16-13(10-5-3-1-2-4-6-10)15-12-8-7-11(9-12)14(17)18/h10-12H,1-9H2,(H,15,16)(H,17,18)/t11-,12+/m1/s1. The van der Waals surface area contributed by atoms with E-state index in [1.807, 2.05) is 0 Å². The third-order valence-corrected chi connectivity index (χ3v) is 4.35. The van der Waals surface area contributed by atoms with Gasteiger partial charge in [0.25, 0.3) is 0 Å². The number of aliphatic carboxylic acids is 1. The molecule has 0 aliphatic heterocycles.